The van der Waals surface area contributed by atoms with Gasteiger partial charge in [-0.3, -0.25) is 9.69 Å². The number of hydrogen-bond acceptors (Lipinski definition) is 3. The molecule has 6 nitrogen and oxygen atoms in total. The lowest BCUT2D eigenvalue weighted by atomic mass is 10.2. The van der Waals surface area contributed by atoms with Crippen LogP contribution >= 0.6 is 0 Å². The minimum Gasteiger partial charge on any atom is -0.357 e. The Morgan fingerprint density at radius 1 is 1.19 bits per heavy atom. The van der Waals surface area contributed by atoms with Crippen molar-refractivity contribution in [3.05, 3.63) is 29.8 Å². The van der Waals surface area contributed by atoms with Crippen molar-refractivity contribution >= 4 is 17.6 Å². The zero-order valence-electron chi connectivity index (χ0n) is 17.1. The Morgan fingerprint density at radius 3 is 2.63 bits per heavy atom. The summed E-state index contributed by atoms with van der Waals surface area (Å²) >= 11 is 0. The average molecular weight is 374 g/mol. The van der Waals surface area contributed by atoms with Crippen molar-refractivity contribution in [2.75, 3.05) is 31.5 Å². The van der Waals surface area contributed by atoms with Crippen LogP contribution in [0.4, 0.5) is 5.69 Å². The number of likely N-dealkylation sites (tertiary alicyclic amines) is 1. The molecule has 3 N–H and O–H groups in total. The number of guanidine groups is 1. The van der Waals surface area contributed by atoms with Crippen molar-refractivity contribution in [1.29, 1.82) is 0 Å². The maximum atomic E-state index is 11.7. The zero-order chi connectivity index (χ0) is 19.5. The van der Waals surface area contributed by atoms with Crippen molar-refractivity contribution in [3.63, 3.8) is 0 Å². The summed E-state index contributed by atoms with van der Waals surface area (Å²) in [4.78, 5) is 18.9. The monoisotopic (exact) mass is 373 g/mol. The quantitative estimate of drug-likeness (QED) is 0.460. The molecule has 27 heavy (non-hydrogen) atoms. The van der Waals surface area contributed by atoms with Crippen LogP contribution in [0.3, 0.4) is 0 Å². The molecule has 6 heteroatoms. The van der Waals surface area contributed by atoms with Gasteiger partial charge in [0.25, 0.3) is 0 Å². The molecule has 0 aromatic heterocycles. The van der Waals surface area contributed by atoms with Crippen LogP contribution in [-0.4, -0.2) is 49.0 Å². The Morgan fingerprint density at radius 2 is 1.96 bits per heavy atom. The zero-order valence-corrected chi connectivity index (χ0v) is 17.1. The Kier molecular flexibility index (Phi) is 9.11. The molecule has 1 aromatic carbocycles. The number of amides is 1. The highest BCUT2D eigenvalue weighted by Gasteiger charge is 2.22. The summed E-state index contributed by atoms with van der Waals surface area (Å²) < 4.78 is 0. The van der Waals surface area contributed by atoms with Gasteiger partial charge in [-0.15, -0.1) is 0 Å². The molecule has 1 aliphatic heterocycles. The second kappa shape index (κ2) is 11.6. The summed E-state index contributed by atoms with van der Waals surface area (Å²) in [6.45, 7) is 11.0. The first-order valence-electron chi connectivity index (χ1n) is 10.3. The van der Waals surface area contributed by atoms with Crippen LogP contribution in [0.25, 0.3) is 0 Å². The molecule has 1 aliphatic rings. The number of nitrogens with zero attached hydrogens (tertiary/aromatic N) is 2. The number of carbonyl (C=O) groups excluding carboxylic acids is 1. The molecule has 0 aliphatic carbocycles. The molecule has 1 atom stereocenters. The molecule has 2 rings (SSSR count). The lowest BCUT2D eigenvalue weighted by molar-refractivity contribution is -0.116. The summed E-state index contributed by atoms with van der Waals surface area (Å²) in [6, 6.07) is 8.52. The number of benzene rings is 1. The number of aliphatic imine (C=N–C) groups is 1. The lowest BCUT2D eigenvalue weighted by Gasteiger charge is -2.24. The van der Waals surface area contributed by atoms with Crippen molar-refractivity contribution in [2.45, 2.75) is 59.0 Å². The van der Waals surface area contributed by atoms with Crippen LogP contribution < -0.4 is 16.0 Å². The van der Waals surface area contributed by atoms with E-state index in [2.05, 4.69) is 34.7 Å². The van der Waals surface area contributed by atoms with Crippen LogP contribution in [0.2, 0.25) is 0 Å². The van der Waals surface area contributed by atoms with E-state index in [9.17, 15) is 4.79 Å². The second-order valence-corrected chi connectivity index (χ2v) is 7.00. The predicted octanol–water partition coefficient (Wildman–Crippen LogP) is 2.96. The van der Waals surface area contributed by atoms with Gasteiger partial charge < -0.3 is 16.0 Å². The summed E-state index contributed by atoms with van der Waals surface area (Å²) in [5, 5.41) is 9.73. The van der Waals surface area contributed by atoms with Crippen LogP contribution in [0, 0.1) is 0 Å². The fourth-order valence-electron chi connectivity index (χ4n) is 3.41. The van der Waals surface area contributed by atoms with Gasteiger partial charge in [0.2, 0.25) is 5.91 Å². The van der Waals surface area contributed by atoms with Crippen LogP contribution in [0.5, 0.6) is 0 Å². The number of nitrogens with one attached hydrogen (secondary N) is 3. The van der Waals surface area contributed by atoms with Gasteiger partial charge in [0.15, 0.2) is 5.96 Å². The first kappa shape index (κ1) is 21.2. The number of carbonyl (C=O) groups is 1. The Hall–Kier alpha value is -2.08. The predicted molar refractivity (Wildman–Crippen MR) is 113 cm³/mol. The number of likely N-dealkylation sites (N-methyl/N-ethyl adjacent to an activating group) is 1. The smallest absolute Gasteiger partial charge is 0.224 e. The highest BCUT2D eigenvalue weighted by molar-refractivity contribution is 5.90. The first-order valence-corrected chi connectivity index (χ1v) is 10.3. The fourth-order valence-corrected chi connectivity index (χ4v) is 3.41. The number of hydrogen-bond donors (Lipinski definition) is 3. The molecule has 1 aromatic rings. The molecule has 0 spiro atoms. The Labute approximate surface area is 163 Å². The van der Waals surface area contributed by atoms with E-state index in [0.29, 0.717) is 19.0 Å². The summed E-state index contributed by atoms with van der Waals surface area (Å²) in [6.07, 6.45) is 3.95. The van der Waals surface area contributed by atoms with E-state index in [1.807, 2.05) is 31.2 Å². The van der Waals surface area contributed by atoms with Gasteiger partial charge in [-0.25, -0.2) is 4.99 Å². The minimum absolute atomic E-state index is 0.0648. The Balaban J connectivity index is 1.87. The molecule has 150 valence electrons. The van der Waals surface area contributed by atoms with Gasteiger partial charge in [-0.05, 0) is 57.0 Å². The standard InChI is InChI=1S/C21H35N5O/c1-4-8-20(27)25-18-12-10-17(11-13-18)15-23-21(22-5-2)24-16-19-9-7-14-26(19)6-3/h10-13,19H,4-9,14-16H2,1-3H3,(H,25,27)(H2,22,23,24). The molecule has 0 bridgehead atoms. The van der Waals surface area contributed by atoms with Crippen molar-refractivity contribution < 1.29 is 4.79 Å². The SMILES string of the molecule is CCCC(=O)Nc1ccc(CN=C(NCC)NCC2CCCN2CC)cc1. The molecular weight excluding hydrogens is 338 g/mol. The van der Waals surface area contributed by atoms with E-state index in [4.69, 9.17) is 4.99 Å². The van der Waals surface area contributed by atoms with E-state index in [-0.39, 0.29) is 5.91 Å². The van der Waals surface area contributed by atoms with Gasteiger partial charge in [0.1, 0.15) is 0 Å². The average Bonchev–Trinajstić information content (AvgIpc) is 3.13. The summed E-state index contributed by atoms with van der Waals surface area (Å²) in [5.74, 6) is 0.927. The van der Waals surface area contributed by atoms with Gasteiger partial charge in [-0.2, -0.15) is 0 Å². The van der Waals surface area contributed by atoms with Gasteiger partial charge in [0.05, 0.1) is 6.54 Å². The van der Waals surface area contributed by atoms with E-state index in [1.165, 1.54) is 19.4 Å². The topological polar surface area (TPSA) is 68.8 Å². The molecule has 1 unspecified atom stereocenters. The van der Waals surface area contributed by atoms with Crippen molar-refractivity contribution in [1.82, 2.24) is 15.5 Å². The van der Waals surface area contributed by atoms with Crippen LogP contribution in [-0.2, 0) is 11.3 Å². The number of rotatable bonds is 9. The maximum absolute atomic E-state index is 11.7. The molecule has 0 radical (unpaired) electrons. The maximum Gasteiger partial charge on any atom is 0.224 e. The van der Waals surface area contributed by atoms with Crippen LogP contribution in [0.15, 0.2) is 29.3 Å². The third-order valence-corrected chi connectivity index (χ3v) is 4.89. The highest BCUT2D eigenvalue weighted by Crippen LogP contribution is 2.15. The van der Waals surface area contributed by atoms with Gasteiger partial charge in [0, 0.05) is 31.2 Å². The third-order valence-electron chi connectivity index (χ3n) is 4.89. The van der Waals surface area contributed by atoms with E-state index >= 15 is 0 Å². The third kappa shape index (κ3) is 7.21. The van der Waals surface area contributed by atoms with E-state index in [1.54, 1.807) is 0 Å². The van der Waals surface area contributed by atoms with E-state index in [0.717, 1.165) is 43.3 Å². The first-order chi connectivity index (χ1) is 13.2. The van der Waals surface area contributed by atoms with Crippen molar-refractivity contribution in [2.24, 2.45) is 4.99 Å². The van der Waals surface area contributed by atoms with Gasteiger partial charge >= 0.3 is 0 Å². The minimum atomic E-state index is 0.0648. The lowest BCUT2D eigenvalue weighted by Crippen LogP contribution is -2.44. The molecule has 1 saturated heterocycles. The number of anilines is 1. The van der Waals surface area contributed by atoms with Gasteiger partial charge in [-0.1, -0.05) is 26.0 Å². The fraction of sp³-hybridized carbons (Fsp3) is 0.619. The normalized spacial score (nSPS) is 17.7. The molecule has 1 amide bonds. The Bertz CT molecular complexity index is 599. The molecule has 0 saturated carbocycles. The summed E-state index contributed by atoms with van der Waals surface area (Å²) in [5.41, 5.74) is 1.96. The second-order valence-electron chi connectivity index (χ2n) is 7.00. The molecule has 1 fully saturated rings. The highest BCUT2D eigenvalue weighted by atomic mass is 16.1. The van der Waals surface area contributed by atoms with Crippen LogP contribution in [0.1, 0.15) is 52.0 Å². The molecule has 1 heterocycles. The largest absolute Gasteiger partial charge is 0.357 e. The summed E-state index contributed by atoms with van der Waals surface area (Å²) in [7, 11) is 0. The molecular formula is C21H35N5O. The van der Waals surface area contributed by atoms with E-state index < -0.39 is 0 Å². The van der Waals surface area contributed by atoms with Crippen molar-refractivity contribution in [3.8, 4) is 0 Å².